The lowest BCUT2D eigenvalue weighted by molar-refractivity contribution is -0.119. The molecule has 0 fully saturated rings. The van der Waals surface area contributed by atoms with E-state index in [2.05, 4.69) is 31.8 Å². The fourth-order valence-corrected chi connectivity index (χ4v) is 2.52. The normalized spacial score (nSPS) is 10.6. The molecule has 0 saturated carbocycles. The van der Waals surface area contributed by atoms with Gasteiger partial charge in [0.1, 0.15) is 5.75 Å². The number of halogens is 1. The van der Waals surface area contributed by atoms with Crippen LogP contribution in [-0.2, 0) is 4.79 Å². The summed E-state index contributed by atoms with van der Waals surface area (Å²) >= 11 is 3.23. The van der Waals surface area contributed by atoms with E-state index in [4.69, 9.17) is 9.47 Å². The molecule has 0 bridgehead atoms. The molecular weight excluding hydrogens is 402 g/mol. The van der Waals surface area contributed by atoms with Crippen molar-refractivity contribution in [3.8, 4) is 17.2 Å². The molecule has 1 amide bonds. The van der Waals surface area contributed by atoms with Crippen LogP contribution in [0.4, 0.5) is 5.69 Å². The van der Waals surface area contributed by atoms with E-state index in [9.17, 15) is 9.90 Å². The lowest BCUT2D eigenvalue weighted by atomic mass is 10.2. The number of rotatable bonds is 8. The minimum absolute atomic E-state index is 0.00763. The average molecular weight is 422 g/mol. The summed E-state index contributed by atoms with van der Waals surface area (Å²) in [6.45, 7) is 2.61. The number of phenolic OH excluding ortho intramolecular Hbond substituents is 1. The molecule has 0 aliphatic carbocycles. The first-order valence-corrected chi connectivity index (χ1v) is 8.68. The molecule has 0 unspecified atom stereocenters. The third kappa shape index (κ3) is 5.66. The number of nitrogens with one attached hydrogen (secondary N) is 2. The van der Waals surface area contributed by atoms with Gasteiger partial charge in [-0.05, 0) is 64.8 Å². The fourth-order valence-electron chi connectivity index (χ4n) is 2.06. The third-order valence-electron chi connectivity index (χ3n) is 3.29. The number of methoxy groups -OCH3 is 1. The van der Waals surface area contributed by atoms with Gasteiger partial charge in [-0.15, -0.1) is 0 Å². The van der Waals surface area contributed by atoms with Crippen LogP contribution in [0.1, 0.15) is 12.5 Å². The second-order valence-corrected chi connectivity index (χ2v) is 6.01. The Labute approximate surface area is 160 Å². The van der Waals surface area contributed by atoms with Gasteiger partial charge in [-0.3, -0.25) is 4.79 Å². The first-order chi connectivity index (χ1) is 12.5. The summed E-state index contributed by atoms with van der Waals surface area (Å²) in [5.41, 5.74) is 3.89. The quantitative estimate of drug-likeness (QED) is 0.449. The maximum absolute atomic E-state index is 11.8. The number of hydrogen-bond acceptors (Lipinski definition) is 6. The van der Waals surface area contributed by atoms with Gasteiger partial charge in [-0.2, -0.15) is 5.10 Å². The van der Waals surface area contributed by atoms with Crippen molar-refractivity contribution in [3.63, 3.8) is 0 Å². The number of aromatic hydroxyl groups is 1. The van der Waals surface area contributed by atoms with Gasteiger partial charge in [-0.25, -0.2) is 5.43 Å². The lowest BCUT2D eigenvalue weighted by Crippen LogP contribution is -2.25. The molecule has 0 aliphatic rings. The standard InChI is InChI=1S/C18H20BrN3O4/c1-3-26-14-6-4-13(5-7-14)20-11-17(23)22-21-10-12-8-15(19)18(24)16(9-12)25-2/h4-10,20,24H,3,11H2,1-2H3,(H,22,23)/b21-10+. The molecule has 2 aromatic carbocycles. The number of carbonyl (C=O) groups is 1. The molecule has 26 heavy (non-hydrogen) atoms. The smallest absolute Gasteiger partial charge is 0.259 e. The number of nitrogens with zero attached hydrogens (tertiary/aromatic N) is 1. The number of phenols is 1. The van der Waals surface area contributed by atoms with Gasteiger partial charge in [0.05, 0.1) is 30.9 Å². The van der Waals surface area contributed by atoms with Crippen LogP contribution in [-0.4, -0.2) is 37.5 Å². The Morgan fingerprint density at radius 2 is 2.04 bits per heavy atom. The van der Waals surface area contributed by atoms with E-state index in [1.165, 1.54) is 13.3 Å². The zero-order valence-corrected chi connectivity index (χ0v) is 16.0. The van der Waals surface area contributed by atoms with Crippen molar-refractivity contribution < 1.29 is 19.4 Å². The number of anilines is 1. The van der Waals surface area contributed by atoms with Crippen molar-refractivity contribution in [1.29, 1.82) is 0 Å². The van der Waals surface area contributed by atoms with Crippen LogP contribution in [0.25, 0.3) is 0 Å². The summed E-state index contributed by atoms with van der Waals surface area (Å²) in [6, 6.07) is 10.6. The first-order valence-electron chi connectivity index (χ1n) is 7.88. The largest absolute Gasteiger partial charge is 0.503 e. The highest BCUT2D eigenvalue weighted by Crippen LogP contribution is 2.34. The minimum atomic E-state index is -0.292. The zero-order chi connectivity index (χ0) is 18.9. The van der Waals surface area contributed by atoms with Crippen LogP contribution in [0.15, 0.2) is 46.0 Å². The van der Waals surface area contributed by atoms with Crippen LogP contribution in [0.2, 0.25) is 0 Å². The van der Waals surface area contributed by atoms with E-state index >= 15 is 0 Å². The number of ether oxygens (including phenoxy) is 2. The maximum Gasteiger partial charge on any atom is 0.259 e. The molecule has 138 valence electrons. The summed E-state index contributed by atoms with van der Waals surface area (Å²) in [7, 11) is 1.46. The van der Waals surface area contributed by atoms with Crippen LogP contribution in [0.5, 0.6) is 17.2 Å². The van der Waals surface area contributed by atoms with Crippen LogP contribution in [0, 0.1) is 0 Å². The molecule has 3 N–H and O–H groups in total. The molecule has 0 spiro atoms. The van der Waals surface area contributed by atoms with Gasteiger partial charge in [0.15, 0.2) is 11.5 Å². The van der Waals surface area contributed by atoms with E-state index in [-0.39, 0.29) is 18.2 Å². The number of carbonyl (C=O) groups excluding carboxylic acids is 1. The minimum Gasteiger partial charge on any atom is -0.503 e. The molecule has 0 atom stereocenters. The Morgan fingerprint density at radius 3 is 2.69 bits per heavy atom. The maximum atomic E-state index is 11.8. The predicted octanol–water partition coefficient (Wildman–Crippen LogP) is 3.12. The summed E-state index contributed by atoms with van der Waals surface area (Å²) in [5.74, 6) is 0.806. The Morgan fingerprint density at radius 1 is 1.31 bits per heavy atom. The number of hydrogen-bond donors (Lipinski definition) is 3. The molecule has 0 aliphatic heterocycles. The highest BCUT2D eigenvalue weighted by atomic mass is 79.9. The van der Waals surface area contributed by atoms with Crippen molar-refractivity contribution in [2.75, 3.05) is 25.6 Å². The molecule has 0 saturated heterocycles. The van der Waals surface area contributed by atoms with Gasteiger partial charge in [0, 0.05) is 5.69 Å². The third-order valence-corrected chi connectivity index (χ3v) is 3.90. The Kier molecular flexibility index (Phi) is 7.28. The van der Waals surface area contributed by atoms with Crippen molar-refractivity contribution in [3.05, 3.63) is 46.4 Å². The van der Waals surface area contributed by atoms with E-state index < -0.39 is 0 Å². The number of amides is 1. The first kappa shape index (κ1) is 19.6. The van der Waals surface area contributed by atoms with E-state index in [1.54, 1.807) is 12.1 Å². The molecule has 0 aromatic heterocycles. The van der Waals surface area contributed by atoms with Crippen LogP contribution < -0.4 is 20.2 Å². The summed E-state index contributed by atoms with van der Waals surface area (Å²) in [5, 5.41) is 16.6. The van der Waals surface area contributed by atoms with Crippen molar-refractivity contribution in [2.45, 2.75) is 6.92 Å². The Bertz CT molecular complexity index is 779. The summed E-state index contributed by atoms with van der Waals surface area (Å²) < 4.78 is 10.9. The molecule has 7 nitrogen and oxygen atoms in total. The summed E-state index contributed by atoms with van der Waals surface area (Å²) in [6.07, 6.45) is 1.46. The second-order valence-electron chi connectivity index (χ2n) is 5.16. The Hall–Kier alpha value is -2.74. The molecule has 8 heteroatoms. The number of benzene rings is 2. The van der Waals surface area contributed by atoms with Gasteiger partial charge in [0.25, 0.3) is 5.91 Å². The highest BCUT2D eigenvalue weighted by molar-refractivity contribution is 9.10. The second kappa shape index (κ2) is 9.67. The SMILES string of the molecule is CCOc1ccc(NCC(=O)N/N=C/c2cc(Br)c(O)c(OC)c2)cc1. The van der Waals surface area contributed by atoms with Gasteiger partial charge >= 0.3 is 0 Å². The Balaban J connectivity index is 1.84. The monoisotopic (exact) mass is 421 g/mol. The molecule has 2 rings (SSSR count). The molecular formula is C18H20BrN3O4. The molecule has 2 aromatic rings. The van der Waals surface area contributed by atoms with Crippen LogP contribution >= 0.6 is 15.9 Å². The van der Waals surface area contributed by atoms with Gasteiger partial charge in [-0.1, -0.05) is 0 Å². The van der Waals surface area contributed by atoms with E-state index in [1.807, 2.05) is 31.2 Å². The molecule has 0 radical (unpaired) electrons. The number of hydrazone groups is 1. The topological polar surface area (TPSA) is 92.2 Å². The lowest BCUT2D eigenvalue weighted by Gasteiger charge is -2.07. The fraction of sp³-hybridized carbons (Fsp3) is 0.222. The van der Waals surface area contributed by atoms with Crippen LogP contribution in [0.3, 0.4) is 0 Å². The van der Waals surface area contributed by atoms with Crippen molar-refractivity contribution in [2.24, 2.45) is 5.10 Å². The zero-order valence-electron chi connectivity index (χ0n) is 14.5. The highest BCUT2D eigenvalue weighted by Gasteiger charge is 2.07. The van der Waals surface area contributed by atoms with Crippen molar-refractivity contribution in [1.82, 2.24) is 5.43 Å². The van der Waals surface area contributed by atoms with Crippen molar-refractivity contribution >= 4 is 33.7 Å². The summed E-state index contributed by atoms with van der Waals surface area (Å²) in [4.78, 5) is 11.8. The predicted molar refractivity (Wildman–Crippen MR) is 104 cm³/mol. The van der Waals surface area contributed by atoms with E-state index in [0.29, 0.717) is 22.4 Å². The average Bonchev–Trinajstić information content (AvgIpc) is 2.64. The van der Waals surface area contributed by atoms with Gasteiger partial charge < -0.3 is 19.9 Å². The molecule has 0 heterocycles. The van der Waals surface area contributed by atoms with Gasteiger partial charge in [0.2, 0.25) is 0 Å². The van der Waals surface area contributed by atoms with E-state index in [0.717, 1.165) is 11.4 Å².